The van der Waals surface area contributed by atoms with Gasteiger partial charge in [0.1, 0.15) is 0 Å². The molecule has 1 aromatic rings. The fraction of sp³-hybridized carbons (Fsp3) is 0.650. The van der Waals surface area contributed by atoms with Crippen LogP contribution in [-0.4, -0.2) is 48.8 Å². The third-order valence-electron chi connectivity index (χ3n) is 5.96. The number of piperidine rings is 1. The summed E-state index contributed by atoms with van der Waals surface area (Å²) >= 11 is 0. The molecule has 1 N–H and O–H groups in total. The first-order valence-corrected chi connectivity index (χ1v) is 9.64. The maximum Gasteiger partial charge on any atom is 0.494 e. The van der Waals surface area contributed by atoms with Gasteiger partial charge in [0, 0.05) is 5.69 Å². The van der Waals surface area contributed by atoms with Gasteiger partial charge in [-0.25, -0.2) is 0 Å². The lowest BCUT2D eigenvalue weighted by atomic mass is 9.79. The Kier molecular flexibility index (Phi) is 5.47. The molecule has 0 radical (unpaired) electrons. The van der Waals surface area contributed by atoms with Crippen LogP contribution in [0.1, 0.15) is 47.5 Å². The number of hydrogen-bond donors (Lipinski definition) is 1. The summed E-state index contributed by atoms with van der Waals surface area (Å²) < 4.78 is 12.1. The molecule has 2 aliphatic rings. The average molecular weight is 358 g/mol. The minimum atomic E-state index is -0.375. The lowest BCUT2D eigenvalue weighted by Crippen LogP contribution is -2.41. The second-order valence-electron chi connectivity index (χ2n) is 8.72. The molecule has 0 saturated carbocycles. The summed E-state index contributed by atoms with van der Waals surface area (Å²) in [5, 5.41) is 2.99. The van der Waals surface area contributed by atoms with Crippen molar-refractivity contribution in [2.24, 2.45) is 5.92 Å². The van der Waals surface area contributed by atoms with E-state index in [-0.39, 0.29) is 24.2 Å². The number of nitrogens with zero attached hydrogens (tertiary/aromatic N) is 1. The van der Waals surface area contributed by atoms with E-state index in [1.807, 2.05) is 52.0 Å². The van der Waals surface area contributed by atoms with Crippen molar-refractivity contribution < 1.29 is 14.1 Å². The van der Waals surface area contributed by atoms with E-state index in [0.717, 1.165) is 30.2 Å². The third-order valence-corrected chi connectivity index (χ3v) is 5.96. The molecule has 5 nitrogen and oxygen atoms in total. The van der Waals surface area contributed by atoms with Gasteiger partial charge < -0.3 is 14.6 Å². The summed E-state index contributed by atoms with van der Waals surface area (Å²) in [7, 11) is -0.375. The quantitative estimate of drug-likeness (QED) is 0.841. The lowest BCUT2D eigenvalue weighted by molar-refractivity contribution is -0.117. The summed E-state index contributed by atoms with van der Waals surface area (Å²) in [6.07, 6.45) is 2.35. The van der Waals surface area contributed by atoms with Crippen LogP contribution in [0.4, 0.5) is 5.69 Å². The van der Waals surface area contributed by atoms with Crippen molar-refractivity contribution in [3.8, 4) is 0 Å². The van der Waals surface area contributed by atoms with Crippen molar-refractivity contribution in [2.75, 3.05) is 25.0 Å². The SMILES string of the molecule is CC1CCN(CC(=O)Nc2ccc(B3OC(C)(C)C(C)(C)O3)cc2)CC1. The molecular weight excluding hydrogens is 327 g/mol. The Bertz CT molecular complexity index is 621. The topological polar surface area (TPSA) is 50.8 Å². The van der Waals surface area contributed by atoms with Crippen molar-refractivity contribution in [1.82, 2.24) is 4.90 Å². The molecule has 3 rings (SSSR count). The molecule has 142 valence electrons. The summed E-state index contributed by atoms with van der Waals surface area (Å²) in [6, 6.07) is 7.74. The van der Waals surface area contributed by atoms with Gasteiger partial charge in [-0.05, 0) is 77.1 Å². The maximum atomic E-state index is 12.3. The predicted molar refractivity (Wildman–Crippen MR) is 106 cm³/mol. The molecule has 2 aliphatic heterocycles. The van der Waals surface area contributed by atoms with Crippen LogP contribution in [-0.2, 0) is 14.1 Å². The molecular formula is C20H31BN2O3. The summed E-state index contributed by atoms with van der Waals surface area (Å²) in [5.41, 5.74) is 1.07. The molecule has 0 bridgehead atoms. The van der Waals surface area contributed by atoms with Crippen molar-refractivity contribution in [3.05, 3.63) is 24.3 Å². The molecule has 2 heterocycles. The Morgan fingerprint density at radius 2 is 1.65 bits per heavy atom. The van der Waals surface area contributed by atoms with Gasteiger partial charge >= 0.3 is 7.12 Å². The highest BCUT2D eigenvalue weighted by Gasteiger charge is 2.51. The molecule has 2 saturated heterocycles. The Morgan fingerprint density at radius 1 is 1.12 bits per heavy atom. The van der Waals surface area contributed by atoms with Crippen LogP contribution in [0.15, 0.2) is 24.3 Å². The molecule has 6 heteroatoms. The zero-order valence-corrected chi connectivity index (χ0v) is 16.7. The molecule has 0 aromatic heterocycles. The van der Waals surface area contributed by atoms with Crippen molar-refractivity contribution in [2.45, 2.75) is 58.7 Å². The molecule has 1 aromatic carbocycles. The zero-order chi connectivity index (χ0) is 18.9. The number of benzene rings is 1. The minimum Gasteiger partial charge on any atom is -0.399 e. The highest BCUT2D eigenvalue weighted by molar-refractivity contribution is 6.62. The van der Waals surface area contributed by atoms with E-state index in [1.165, 1.54) is 12.8 Å². The van der Waals surface area contributed by atoms with Crippen LogP contribution in [0.2, 0.25) is 0 Å². The number of carbonyl (C=O) groups is 1. The van der Waals surface area contributed by atoms with E-state index < -0.39 is 0 Å². The summed E-state index contributed by atoms with van der Waals surface area (Å²) in [6.45, 7) is 12.9. The van der Waals surface area contributed by atoms with E-state index in [4.69, 9.17) is 9.31 Å². The largest absolute Gasteiger partial charge is 0.494 e. The molecule has 0 unspecified atom stereocenters. The van der Waals surface area contributed by atoms with E-state index in [0.29, 0.717) is 6.54 Å². The van der Waals surface area contributed by atoms with E-state index in [1.54, 1.807) is 0 Å². The molecule has 0 atom stereocenters. The molecule has 1 amide bonds. The Labute approximate surface area is 157 Å². The first kappa shape index (κ1) is 19.4. The monoisotopic (exact) mass is 358 g/mol. The van der Waals surface area contributed by atoms with Crippen LogP contribution in [0.5, 0.6) is 0 Å². The fourth-order valence-electron chi connectivity index (χ4n) is 3.33. The Morgan fingerprint density at radius 3 is 2.19 bits per heavy atom. The molecule has 0 aliphatic carbocycles. The maximum absolute atomic E-state index is 12.3. The van der Waals surface area contributed by atoms with Gasteiger partial charge in [-0.1, -0.05) is 19.1 Å². The highest BCUT2D eigenvalue weighted by Crippen LogP contribution is 2.36. The van der Waals surface area contributed by atoms with Crippen molar-refractivity contribution in [1.29, 1.82) is 0 Å². The zero-order valence-electron chi connectivity index (χ0n) is 16.7. The molecule has 2 fully saturated rings. The first-order chi connectivity index (χ1) is 12.2. The van der Waals surface area contributed by atoms with Crippen molar-refractivity contribution in [3.63, 3.8) is 0 Å². The van der Waals surface area contributed by atoms with Crippen LogP contribution < -0.4 is 10.8 Å². The fourth-order valence-corrected chi connectivity index (χ4v) is 3.33. The van der Waals surface area contributed by atoms with Gasteiger partial charge in [-0.15, -0.1) is 0 Å². The minimum absolute atomic E-state index is 0.0444. The highest BCUT2D eigenvalue weighted by atomic mass is 16.7. The summed E-state index contributed by atoms with van der Waals surface area (Å²) in [5.74, 6) is 0.819. The average Bonchev–Trinajstić information content (AvgIpc) is 2.78. The molecule has 26 heavy (non-hydrogen) atoms. The van der Waals surface area contributed by atoms with Gasteiger partial charge in [0.15, 0.2) is 0 Å². The van der Waals surface area contributed by atoms with Crippen LogP contribution >= 0.6 is 0 Å². The number of hydrogen-bond acceptors (Lipinski definition) is 4. The number of nitrogens with one attached hydrogen (secondary N) is 1. The van der Waals surface area contributed by atoms with Crippen molar-refractivity contribution >= 4 is 24.2 Å². The Hall–Kier alpha value is -1.37. The second kappa shape index (κ2) is 7.33. The van der Waals surface area contributed by atoms with Gasteiger partial charge in [0.25, 0.3) is 0 Å². The lowest BCUT2D eigenvalue weighted by Gasteiger charge is -2.32. The van der Waals surface area contributed by atoms with Gasteiger partial charge in [-0.2, -0.15) is 0 Å². The smallest absolute Gasteiger partial charge is 0.399 e. The van der Waals surface area contributed by atoms with Gasteiger partial charge in [0.05, 0.1) is 17.7 Å². The van der Waals surface area contributed by atoms with Gasteiger partial charge in [-0.3, -0.25) is 9.69 Å². The van der Waals surface area contributed by atoms with Gasteiger partial charge in [0.2, 0.25) is 5.91 Å². The van der Waals surface area contributed by atoms with E-state index in [9.17, 15) is 4.79 Å². The van der Waals surface area contributed by atoms with Crippen LogP contribution in [0.3, 0.4) is 0 Å². The number of anilines is 1. The predicted octanol–water partition coefficient (Wildman–Crippen LogP) is 2.66. The number of amides is 1. The number of rotatable bonds is 4. The normalized spacial score (nSPS) is 23.2. The second-order valence-corrected chi connectivity index (χ2v) is 8.72. The first-order valence-electron chi connectivity index (χ1n) is 9.64. The Balaban J connectivity index is 1.54. The summed E-state index contributed by atoms with van der Waals surface area (Å²) in [4.78, 5) is 14.5. The standard InChI is InChI=1S/C20H31BN2O3/c1-15-10-12-23(13-11-15)14-18(24)22-17-8-6-16(7-9-17)21-25-19(2,3)20(4,5)26-21/h6-9,15H,10-14H2,1-5H3,(H,22,24). The van der Waals surface area contributed by atoms with Crippen LogP contribution in [0, 0.1) is 5.92 Å². The van der Waals surface area contributed by atoms with E-state index in [2.05, 4.69) is 17.1 Å². The van der Waals surface area contributed by atoms with E-state index >= 15 is 0 Å². The number of carbonyl (C=O) groups excluding carboxylic acids is 1. The third kappa shape index (κ3) is 4.30. The van der Waals surface area contributed by atoms with Crippen LogP contribution in [0.25, 0.3) is 0 Å². The number of likely N-dealkylation sites (tertiary alicyclic amines) is 1. The molecule has 0 spiro atoms.